The zero-order valence-corrected chi connectivity index (χ0v) is 11.1. The van der Waals surface area contributed by atoms with Crippen LogP contribution >= 0.6 is 12.4 Å². The van der Waals surface area contributed by atoms with Gasteiger partial charge in [0, 0.05) is 6.54 Å². The highest BCUT2D eigenvalue weighted by molar-refractivity contribution is 5.89. The SMILES string of the molecule is CN1CCCC(OC(=O)c2cccc(F)c2)C1.Cl. The van der Waals surface area contributed by atoms with Crippen LogP contribution in [0.3, 0.4) is 0 Å². The Labute approximate surface area is 112 Å². The number of hydrogen-bond donors (Lipinski definition) is 0. The van der Waals surface area contributed by atoms with Crippen molar-refractivity contribution in [2.24, 2.45) is 0 Å². The standard InChI is InChI=1S/C13H16FNO2.ClH/c1-15-7-3-6-12(9-15)17-13(16)10-4-2-5-11(14)8-10;/h2,4-5,8,12H,3,6-7,9H2,1H3;1H. The number of likely N-dealkylation sites (tertiary alicyclic amines) is 1. The van der Waals surface area contributed by atoms with Gasteiger partial charge in [0.2, 0.25) is 0 Å². The predicted octanol–water partition coefficient (Wildman–Crippen LogP) is 2.50. The molecule has 1 aromatic carbocycles. The normalized spacial score (nSPS) is 20.0. The molecule has 1 saturated heterocycles. The lowest BCUT2D eigenvalue weighted by atomic mass is 10.1. The van der Waals surface area contributed by atoms with Crippen LogP contribution in [0.5, 0.6) is 0 Å². The van der Waals surface area contributed by atoms with Gasteiger partial charge in [0.25, 0.3) is 0 Å². The Morgan fingerprint density at radius 2 is 2.28 bits per heavy atom. The van der Waals surface area contributed by atoms with Crippen molar-refractivity contribution in [1.82, 2.24) is 4.90 Å². The molecule has 1 fully saturated rings. The second kappa shape index (κ2) is 6.71. The van der Waals surface area contributed by atoms with Crippen LogP contribution in [0, 0.1) is 5.82 Å². The van der Waals surface area contributed by atoms with Crippen molar-refractivity contribution in [3.8, 4) is 0 Å². The third kappa shape index (κ3) is 3.96. The minimum absolute atomic E-state index is 0. The van der Waals surface area contributed by atoms with E-state index in [1.807, 2.05) is 7.05 Å². The van der Waals surface area contributed by atoms with E-state index in [0.29, 0.717) is 0 Å². The maximum atomic E-state index is 13.0. The Morgan fingerprint density at radius 3 is 2.94 bits per heavy atom. The van der Waals surface area contributed by atoms with E-state index in [1.54, 1.807) is 6.07 Å². The van der Waals surface area contributed by atoms with Crippen LogP contribution in [-0.4, -0.2) is 37.1 Å². The third-order valence-corrected chi connectivity index (χ3v) is 2.92. The molecule has 0 amide bonds. The van der Waals surface area contributed by atoms with E-state index in [2.05, 4.69) is 4.90 Å². The molecule has 1 heterocycles. The van der Waals surface area contributed by atoms with Gasteiger partial charge in [-0.15, -0.1) is 12.4 Å². The second-order valence-electron chi connectivity index (χ2n) is 4.44. The van der Waals surface area contributed by atoms with Crippen LogP contribution < -0.4 is 0 Å². The monoisotopic (exact) mass is 273 g/mol. The quantitative estimate of drug-likeness (QED) is 0.776. The molecule has 0 saturated carbocycles. The molecule has 0 bridgehead atoms. The van der Waals surface area contributed by atoms with E-state index in [0.717, 1.165) is 25.9 Å². The van der Waals surface area contributed by atoms with Crippen molar-refractivity contribution < 1.29 is 13.9 Å². The molecule has 18 heavy (non-hydrogen) atoms. The fourth-order valence-electron chi connectivity index (χ4n) is 2.05. The summed E-state index contributed by atoms with van der Waals surface area (Å²) in [6.45, 7) is 1.79. The van der Waals surface area contributed by atoms with Crippen molar-refractivity contribution >= 4 is 18.4 Å². The number of hydrogen-bond acceptors (Lipinski definition) is 3. The highest BCUT2D eigenvalue weighted by atomic mass is 35.5. The van der Waals surface area contributed by atoms with Gasteiger partial charge in [-0.25, -0.2) is 9.18 Å². The number of rotatable bonds is 2. The Hall–Kier alpha value is -1.13. The number of esters is 1. The number of carbonyl (C=O) groups is 1. The van der Waals surface area contributed by atoms with E-state index in [-0.39, 0.29) is 24.1 Å². The first-order valence-corrected chi connectivity index (χ1v) is 5.80. The summed E-state index contributed by atoms with van der Waals surface area (Å²) < 4.78 is 18.3. The fourth-order valence-corrected chi connectivity index (χ4v) is 2.05. The molecule has 1 aliphatic heterocycles. The summed E-state index contributed by atoms with van der Waals surface area (Å²) in [6, 6.07) is 5.59. The Morgan fingerprint density at radius 1 is 1.50 bits per heavy atom. The van der Waals surface area contributed by atoms with E-state index in [1.165, 1.54) is 18.2 Å². The molecule has 0 aliphatic carbocycles. The number of benzene rings is 1. The van der Waals surface area contributed by atoms with Crippen LogP contribution in [-0.2, 0) is 4.74 Å². The van der Waals surface area contributed by atoms with Crippen LogP contribution in [0.4, 0.5) is 4.39 Å². The lowest BCUT2D eigenvalue weighted by Gasteiger charge is -2.29. The van der Waals surface area contributed by atoms with Crippen molar-refractivity contribution in [2.45, 2.75) is 18.9 Å². The molecule has 5 heteroatoms. The molecule has 1 atom stereocenters. The van der Waals surface area contributed by atoms with Crippen LogP contribution in [0.2, 0.25) is 0 Å². The lowest BCUT2D eigenvalue weighted by Crippen LogP contribution is -2.38. The number of nitrogens with zero attached hydrogens (tertiary/aromatic N) is 1. The van der Waals surface area contributed by atoms with E-state index in [9.17, 15) is 9.18 Å². The second-order valence-corrected chi connectivity index (χ2v) is 4.44. The van der Waals surface area contributed by atoms with Gasteiger partial charge in [-0.05, 0) is 44.6 Å². The van der Waals surface area contributed by atoms with Crippen molar-refractivity contribution in [3.63, 3.8) is 0 Å². The summed E-state index contributed by atoms with van der Waals surface area (Å²) in [6.07, 6.45) is 1.83. The lowest BCUT2D eigenvalue weighted by molar-refractivity contribution is 0.0108. The van der Waals surface area contributed by atoms with E-state index in [4.69, 9.17) is 4.74 Å². The Bertz CT molecular complexity index is 414. The van der Waals surface area contributed by atoms with Gasteiger partial charge in [0.05, 0.1) is 5.56 Å². The maximum Gasteiger partial charge on any atom is 0.338 e. The molecule has 0 radical (unpaired) electrons. The molecule has 1 aliphatic rings. The zero-order chi connectivity index (χ0) is 12.3. The number of carbonyl (C=O) groups excluding carboxylic acids is 1. The molecule has 2 rings (SSSR count). The summed E-state index contributed by atoms with van der Waals surface area (Å²) in [5.41, 5.74) is 0.276. The van der Waals surface area contributed by atoms with Crippen molar-refractivity contribution in [1.29, 1.82) is 0 Å². The Balaban J connectivity index is 0.00000162. The molecule has 1 unspecified atom stereocenters. The number of piperidine rings is 1. The fraction of sp³-hybridized carbons (Fsp3) is 0.462. The summed E-state index contributed by atoms with van der Waals surface area (Å²) in [4.78, 5) is 13.9. The topological polar surface area (TPSA) is 29.5 Å². The summed E-state index contributed by atoms with van der Waals surface area (Å²) >= 11 is 0. The van der Waals surface area contributed by atoms with Gasteiger partial charge in [-0.3, -0.25) is 0 Å². The van der Waals surface area contributed by atoms with Gasteiger partial charge in [0.1, 0.15) is 11.9 Å². The number of likely N-dealkylation sites (N-methyl/N-ethyl adjacent to an activating group) is 1. The first kappa shape index (κ1) is 14.9. The van der Waals surface area contributed by atoms with Gasteiger partial charge >= 0.3 is 5.97 Å². The number of halogens is 2. The predicted molar refractivity (Wildman–Crippen MR) is 69.6 cm³/mol. The van der Waals surface area contributed by atoms with Crippen molar-refractivity contribution in [3.05, 3.63) is 35.6 Å². The molecule has 1 aromatic rings. The first-order valence-electron chi connectivity index (χ1n) is 5.80. The van der Waals surface area contributed by atoms with Crippen LogP contribution in [0.15, 0.2) is 24.3 Å². The van der Waals surface area contributed by atoms with E-state index < -0.39 is 11.8 Å². The van der Waals surface area contributed by atoms with Crippen LogP contribution in [0.25, 0.3) is 0 Å². The zero-order valence-electron chi connectivity index (χ0n) is 10.3. The minimum atomic E-state index is -0.440. The van der Waals surface area contributed by atoms with Gasteiger partial charge in [-0.1, -0.05) is 6.07 Å². The maximum absolute atomic E-state index is 13.0. The summed E-state index contributed by atoms with van der Waals surface area (Å²) in [7, 11) is 2.00. The van der Waals surface area contributed by atoms with Crippen LogP contribution in [0.1, 0.15) is 23.2 Å². The molecule has 100 valence electrons. The largest absolute Gasteiger partial charge is 0.457 e. The molecule has 0 N–H and O–H groups in total. The first-order chi connectivity index (χ1) is 8.15. The number of ether oxygens (including phenoxy) is 1. The highest BCUT2D eigenvalue weighted by Gasteiger charge is 2.21. The average Bonchev–Trinajstić information content (AvgIpc) is 2.29. The molecular formula is C13H17ClFNO2. The van der Waals surface area contributed by atoms with Gasteiger partial charge < -0.3 is 9.64 Å². The summed E-state index contributed by atoms with van der Waals surface area (Å²) in [5, 5.41) is 0. The molecule has 0 aromatic heterocycles. The third-order valence-electron chi connectivity index (χ3n) is 2.92. The minimum Gasteiger partial charge on any atom is -0.457 e. The summed E-state index contributed by atoms with van der Waals surface area (Å²) in [5.74, 6) is -0.856. The van der Waals surface area contributed by atoms with Gasteiger partial charge in [0.15, 0.2) is 0 Å². The van der Waals surface area contributed by atoms with E-state index >= 15 is 0 Å². The van der Waals surface area contributed by atoms with Gasteiger partial charge in [-0.2, -0.15) is 0 Å². The Kier molecular flexibility index (Phi) is 5.56. The molecule has 0 spiro atoms. The highest BCUT2D eigenvalue weighted by Crippen LogP contribution is 2.14. The van der Waals surface area contributed by atoms with Crippen molar-refractivity contribution in [2.75, 3.05) is 20.1 Å². The molecule has 3 nitrogen and oxygen atoms in total. The smallest absolute Gasteiger partial charge is 0.338 e. The molecular weight excluding hydrogens is 257 g/mol. The average molecular weight is 274 g/mol.